The SMILES string of the molecule is CC(=O)Nc1cccc(NC(=O)NC2=NCCS2)c1. The molecule has 0 aliphatic carbocycles. The highest BCUT2D eigenvalue weighted by Gasteiger charge is 2.10. The summed E-state index contributed by atoms with van der Waals surface area (Å²) in [4.78, 5) is 26.8. The van der Waals surface area contributed by atoms with E-state index in [9.17, 15) is 9.59 Å². The molecule has 1 aromatic rings. The smallest absolute Gasteiger partial charge is 0.325 e. The number of carbonyl (C=O) groups is 2. The molecule has 6 nitrogen and oxygen atoms in total. The van der Waals surface area contributed by atoms with Crippen molar-refractivity contribution in [3.8, 4) is 0 Å². The number of hydrogen-bond acceptors (Lipinski definition) is 4. The maximum Gasteiger partial charge on any atom is 0.325 e. The first kappa shape index (κ1) is 13.4. The normalized spacial score (nSPS) is 13.6. The van der Waals surface area contributed by atoms with E-state index in [1.54, 1.807) is 24.3 Å². The number of amidine groups is 1. The van der Waals surface area contributed by atoms with E-state index in [4.69, 9.17) is 0 Å². The Bertz CT molecular complexity index is 530. The van der Waals surface area contributed by atoms with Crippen LogP contribution in [0.5, 0.6) is 0 Å². The van der Waals surface area contributed by atoms with Crippen molar-refractivity contribution < 1.29 is 9.59 Å². The Morgan fingerprint density at radius 2 is 1.95 bits per heavy atom. The number of aliphatic imine (C=N–C) groups is 1. The predicted molar refractivity (Wildman–Crippen MR) is 77.7 cm³/mol. The highest BCUT2D eigenvalue weighted by atomic mass is 32.2. The molecule has 7 heteroatoms. The largest absolute Gasteiger partial charge is 0.326 e. The molecule has 0 saturated carbocycles. The number of hydrogen-bond donors (Lipinski definition) is 3. The minimum absolute atomic E-state index is 0.154. The quantitative estimate of drug-likeness (QED) is 0.772. The standard InChI is InChI=1S/C12H14N4O2S/c1-8(17)14-9-3-2-4-10(7-9)15-11(18)16-12-13-5-6-19-12/h2-4,7H,5-6H2,1H3,(H,14,17)(H2,13,15,16,18). The highest BCUT2D eigenvalue weighted by Crippen LogP contribution is 2.15. The van der Waals surface area contributed by atoms with E-state index in [1.165, 1.54) is 18.7 Å². The van der Waals surface area contributed by atoms with Crippen molar-refractivity contribution >= 4 is 40.2 Å². The molecule has 0 unspecified atom stereocenters. The van der Waals surface area contributed by atoms with E-state index in [1.807, 2.05) is 0 Å². The molecule has 1 aromatic carbocycles. The summed E-state index contributed by atoms with van der Waals surface area (Å²) in [7, 11) is 0. The summed E-state index contributed by atoms with van der Waals surface area (Å²) >= 11 is 1.51. The Morgan fingerprint density at radius 3 is 2.58 bits per heavy atom. The molecule has 0 aromatic heterocycles. The van der Waals surface area contributed by atoms with Gasteiger partial charge in [0.25, 0.3) is 0 Å². The zero-order chi connectivity index (χ0) is 13.7. The van der Waals surface area contributed by atoms with Gasteiger partial charge in [-0.05, 0) is 18.2 Å². The zero-order valence-electron chi connectivity index (χ0n) is 10.4. The Labute approximate surface area is 115 Å². The molecule has 0 atom stereocenters. The monoisotopic (exact) mass is 278 g/mol. The minimum Gasteiger partial charge on any atom is -0.326 e. The Hall–Kier alpha value is -2.02. The first-order valence-electron chi connectivity index (χ1n) is 5.76. The van der Waals surface area contributed by atoms with Gasteiger partial charge in [0, 0.05) is 24.1 Å². The molecule has 3 N–H and O–H groups in total. The Morgan fingerprint density at radius 1 is 1.21 bits per heavy atom. The summed E-state index contributed by atoms with van der Waals surface area (Å²) in [5.74, 6) is 0.742. The lowest BCUT2D eigenvalue weighted by Crippen LogP contribution is -2.31. The summed E-state index contributed by atoms with van der Waals surface area (Å²) in [6.07, 6.45) is 0. The third kappa shape index (κ3) is 4.29. The van der Waals surface area contributed by atoms with E-state index in [-0.39, 0.29) is 11.9 Å². The van der Waals surface area contributed by atoms with Crippen LogP contribution in [0.1, 0.15) is 6.92 Å². The van der Waals surface area contributed by atoms with Gasteiger partial charge in [-0.2, -0.15) is 0 Å². The molecule has 3 amide bonds. The molecule has 1 aliphatic rings. The summed E-state index contributed by atoms with van der Waals surface area (Å²) in [6.45, 7) is 2.17. The van der Waals surface area contributed by atoms with Crippen LogP contribution < -0.4 is 16.0 Å². The second-order valence-electron chi connectivity index (χ2n) is 3.88. The maximum absolute atomic E-state index is 11.7. The van der Waals surface area contributed by atoms with Gasteiger partial charge in [-0.3, -0.25) is 15.1 Å². The van der Waals surface area contributed by atoms with Gasteiger partial charge in [-0.15, -0.1) is 0 Å². The van der Waals surface area contributed by atoms with Crippen LogP contribution in [-0.2, 0) is 4.79 Å². The van der Waals surface area contributed by atoms with Crippen molar-refractivity contribution in [3.63, 3.8) is 0 Å². The van der Waals surface area contributed by atoms with E-state index < -0.39 is 0 Å². The van der Waals surface area contributed by atoms with Gasteiger partial charge >= 0.3 is 6.03 Å². The molecule has 0 saturated heterocycles. The Kier molecular flexibility index (Phi) is 4.40. The summed E-state index contributed by atoms with van der Waals surface area (Å²) in [5, 5.41) is 8.64. The second kappa shape index (κ2) is 6.24. The van der Waals surface area contributed by atoms with Crippen molar-refractivity contribution in [3.05, 3.63) is 24.3 Å². The second-order valence-corrected chi connectivity index (χ2v) is 4.96. The number of benzene rings is 1. The van der Waals surface area contributed by atoms with Crippen LogP contribution in [0, 0.1) is 0 Å². The van der Waals surface area contributed by atoms with Crippen molar-refractivity contribution in [2.24, 2.45) is 4.99 Å². The van der Waals surface area contributed by atoms with Crippen LogP contribution in [0.4, 0.5) is 16.2 Å². The average molecular weight is 278 g/mol. The van der Waals surface area contributed by atoms with Crippen molar-refractivity contribution in [2.75, 3.05) is 22.9 Å². The Balaban J connectivity index is 1.94. The fourth-order valence-corrected chi connectivity index (χ4v) is 2.27. The zero-order valence-corrected chi connectivity index (χ0v) is 11.2. The summed E-state index contributed by atoms with van der Waals surface area (Å²) < 4.78 is 0. The molecule has 1 heterocycles. The molecule has 100 valence electrons. The molecule has 0 bridgehead atoms. The molecular formula is C12H14N4O2S. The van der Waals surface area contributed by atoms with Gasteiger partial charge < -0.3 is 10.6 Å². The molecular weight excluding hydrogens is 264 g/mol. The minimum atomic E-state index is -0.340. The predicted octanol–water partition coefficient (Wildman–Crippen LogP) is 1.87. The number of thioether (sulfide) groups is 1. The number of amides is 3. The molecule has 1 aliphatic heterocycles. The van der Waals surface area contributed by atoms with Gasteiger partial charge in [-0.1, -0.05) is 17.8 Å². The molecule has 19 heavy (non-hydrogen) atoms. The van der Waals surface area contributed by atoms with Gasteiger partial charge in [0.05, 0.1) is 6.54 Å². The van der Waals surface area contributed by atoms with Crippen LogP contribution in [0.25, 0.3) is 0 Å². The third-order valence-electron chi connectivity index (χ3n) is 2.25. The van der Waals surface area contributed by atoms with Gasteiger partial charge in [0.15, 0.2) is 5.17 Å². The lowest BCUT2D eigenvalue weighted by Gasteiger charge is -2.08. The number of rotatable bonds is 2. The summed E-state index contributed by atoms with van der Waals surface area (Å²) in [6, 6.07) is 6.59. The van der Waals surface area contributed by atoms with Crippen LogP contribution in [-0.4, -0.2) is 29.4 Å². The fraction of sp³-hybridized carbons (Fsp3) is 0.250. The average Bonchev–Trinajstić information content (AvgIpc) is 2.81. The van der Waals surface area contributed by atoms with Crippen molar-refractivity contribution in [1.82, 2.24) is 5.32 Å². The summed E-state index contributed by atoms with van der Waals surface area (Å²) in [5.41, 5.74) is 1.24. The molecule has 0 fully saturated rings. The van der Waals surface area contributed by atoms with E-state index in [0.717, 1.165) is 12.3 Å². The number of urea groups is 1. The highest BCUT2D eigenvalue weighted by molar-refractivity contribution is 8.14. The molecule has 2 rings (SSSR count). The van der Waals surface area contributed by atoms with Crippen LogP contribution in [0.2, 0.25) is 0 Å². The lowest BCUT2D eigenvalue weighted by molar-refractivity contribution is -0.114. The maximum atomic E-state index is 11.7. The van der Waals surface area contributed by atoms with E-state index in [0.29, 0.717) is 16.5 Å². The fourth-order valence-electron chi connectivity index (χ4n) is 1.55. The molecule has 0 spiro atoms. The first-order valence-corrected chi connectivity index (χ1v) is 6.75. The van der Waals surface area contributed by atoms with Crippen LogP contribution in [0.15, 0.2) is 29.3 Å². The topological polar surface area (TPSA) is 82.6 Å². The number of nitrogens with zero attached hydrogens (tertiary/aromatic N) is 1. The van der Waals surface area contributed by atoms with Crippen molar-refractivity contribution in [2.45, 2.75) is 6.92 Å². The first-order chi connectivity index (χ1) is 9.13. The number of nitrogens with one attached hydrogen (secondary N) is 3. The lowest BCUT2D eigenvalue weighted by atomic mass is 10.3. The van der Waals surface area contributed by atoms with Gasteiger partial charge in [-0.25, -0.2) is 4.79 Å². The van der Waals surface area contributed by atoms with Gasteiger partial charge in [0.2, 0.25) is 5.91 Å². The van der Waals surface area contributed by atoms with Crippen molar-refractivity contribution in [1.29, 1.82) is 0 Å². The van der Waals surface area contributed by atoms with Crippen LogP contribution >= 0.6 is 11.8 Å². The molecule has 0 radical (unpaired) electrons. The van der Waals surface area contributed by atoms with Gasteiger partial charge in [0.1, 0.15) is 0 Å². The van der Waals surface area contributed by atoms with Crippen LogP contribution in [0.3, 0.4) is 0 Å². The van der Waals surface area contributed by atoms with E-state index >= 15 is 0 Å². The third-order valence-corrected chi connectivity index (χ3v) is 3.14. The number of carbonyl (C=O) groups excluding carboxylic acids is 2. The number of anilines is 2. The van der Waals surface area contributed by atoms with E-state index in [2.05, 4.69) is 20.9 Å².